The van der Waals surface area contributed by atoms with Gasteiger partial charge in [0.25, 0.3) is 0 Å². The standard InChI is InChI=1S/C35H36N2O2/c1-34(26-15-7-3-8-16-26,27-17-9-4-10-18-27)30-23-38-32-33-37(25-36(30)32)31(24-39-33)35(2,28-19-11-5-12-20-28)29-21-13-6-14-22-29/h3-22,30-33H,23-25H2,1-2H3/t30-,31-,32?,33?/m1/s1. The average Bonchev–Trinajstić information content (AvgIpc) is 3.71. The fraction of sp³-hybridized carbons (Fsp3) is 0.314. The molecule has 0 radical (unpaired) electrons. The van der Waals surface area contributed by atoms with Crippen LogP contribution in [0.5, 0.6) is 0 Å². The van der Waals surface area contributed by atoms with Gasteiger partial charge in [-0.2, -0.15) is 0 Å². The molecule has 4 heteroatoms. The fourth-order valence-corrected chi connectivity index (χ4v) is 7.39. The zero-order valence-electron chi connectivity index (χ0n) is 22.7. The van der Waals surface area contributed by atoms with E-state index in [0.717, 1.165) is 6.67 Å². The van der Waals surface area contributed by atoms with Crippen molar-refractivity contribution in [2.75, 3.05) is 19.9 Å². The SMILES string of the molecule is CC(c1ccccc1)(c1ccccc1)[C@H]1COC2C3OC[C@H](C(C)(c4ccccc4)c4ccccc4)N3CN21. The molecule has 0 saturated carbocycles. The summed E-state index contributed by atoms with van der Waals surface area (Å²) in [6.07, 6.45) is -0.162. The molecule has 3 fully saturated rings. The van der Waals surface area contributed by atoms with Crippen molar-refractivity contribution in [2.24, 2.45) is 0 Å². The van der Waals surface area contributed by atoms with Gasteiger partial charge in [-0.1, -0.05) is 121 Å². The Morgan fingerprint density at radius 2 is 0.769 bits per heavy atom. The highest BCUT2D eigenvalue weighted by Gasteiger charge is 2.60. The number of fused-ring (bicyclic) bond motifs is 3. The van der Waals surface area contributed by atoms with E-state index in [9.17, 15) is 0 Å². The summed E-state index contributed by atoms with van der Waals surface area (Å²) in [5.41, 5.74) is 4.80. The Hall–Kier alpha value is -3.28. The molecule has 0 aliphatic carbocycles. The lowest BCUT2D eigenvalue weighted by Crippen LogP contribution is -2.52. The van der Waals surface area contributed by atoms with Gasteiger partial charge in [-0.25, -0.2) is 0 Å². The van der Waals surface area contributed by atoms with Gasteiger partial charge < -0.3 is 9.47 Å². The maximum absolute atomic E-state index is 6.62. The van der Waals surface area contributed by atoms with Crippen LogP contribution in [-0.2, 0) is 20.3 Å². The fourth-order valence-electron chi connectivity index (χ4n) is 7.39. The Balaban J connectivity index is 1.27. The second kappa shape index (κ2) is 9.72. The predicted octanol–water partition coefficient (Wildman–Crippen LogP) is 6.02. The maximum atomic E-state index is 6.62. The van der Waals surface area contributed by atoms with Crippen molar-refractivity contribution in [3.63, 3.8) is 0 Å². The van der Waals surface area contributed by atoms with Crippen LogP contribution in [0, 0.1) is 0 Å². The smallest absolute Gasteiger partial charge is 0.152 e. The number of benzene rings is 4. The van der Waals surface area contributed by atoms with Gasteiger partial charge in [0, 0.05) is 10.8 Å². The van der Waals surface area contributed by atoms with E-state index in [1.54, 1.807) is 0 Å². The number of hydrogen-bond donors (Lipinski definition) is 0. The highest BCUT2D eigenvalue weighted by atomic mass is 16.6. The summed E-state index contributed by atoms with van der Waals surface area (Å²) in [6.45, 7) is 6.94. The second-order valence-electron chi connectivity index (χ2n) is 11.5. The summed E-state index contributed by atoms with van der Waals surface area (Å²) >= 11 is 0. The maximum Gasteiger partial charge on any atom is 0.152 e. The molecule has 7 rings (SSSR count). The first-order valence-corrected chi connectivity index (χ1v) is 14.1. The van der Waals surface area contributed by atoms with E-state index >= 15 is 0 Å². The Morgan fingerprint density at radius 1 is 0.487 bits per heavy atom. The van der Waals surface area contributed by atoms with Crippen LogP contribution in [0.1, 0.15) is 36.1 Å². The van der Waals surface area contributed by atoms with E-state index in [1.807, 2.05) is 0 Å². The molecule has 0 amide bonds. The first-order valence-electron chi connectivity index (χ1n) is 14.1. The number of ether oxygens (including phenoxy) is 2. The quantitative estimate of drug-likeness (QED) is 0.313. The van der Waals surface area contributed by atoms with Crippen LogP contribution < -0.4 is 0 Å². The molecule has 4 aromatic rings. The van der Waals surface area contributed by atoms with E-state index in [1.165, 1.54) is 22.3 Å². The van der Waals surface area contributed by atoms with Crippen molar-refractivity contribution in [1.82, 2.24) is 9.80 Å². The largest absolute Gasteiger partial charge is 0.357 e. The van der Waals surface area contributed by atoms with Gasteiger partial charge in [0.2, 0.25) is 0 Å². The van der Waals surface area contributed by atoms with Gasteiger partial charge in [0.1, 0.15) is 0 Å². The minimum absolute atomic E-state index is 0.0810. The van der Waals surface area contributed by atoms with Gasteiger partial charge >= 0.3 is 0 Å². The van der Waals surface area contributed by atoms with Crippen molar-refractivity contribution in [2.45, 2.75) is 49.2 Å². The van der Waals surface area contributed by atoms with Crippen molar-refractivity contribution in [3.8, 4) is 0 Å². The molecule has 4 aromatic carbocycles. The molecular formula is C35H36N2O2. The first kappa shape index (κ1) is 24.7. The first-order chi connectivity index (χ1) is 19.1. The lowest BCUT2D eigenvalue weighted by Gasteiger charge is -2.42. The zero-order chi connectivity index (χ0) is 26.5. The highest BCUT2D eigenvalue weighted by Crippen LogP contribution is 2.49. The summed E-state index contributed by atoms with van der Waals surface area (Å²) < 4.78 is 13.2. The van der Waals surface area contributed by atoms with Crippen LogP contribution in [0.2, 0.25) is 0 Å². The van der Waals surface area contributed by atoms with Crippen molar-refractivity contribution in [3.05, 3.63) is 144 Å². The van der Waals surface area contributed by atoms with Crippen molar-refractivity contribution >= 4 is 0 Å². The summed E-state index contributed by atoms with van der Waals surface area (Å²) in [4.78, 5) is 5.13. The predicted molar refractivity (Wildman–Crippen MR) is 154 cm³/mol. The Labute approximate surface area is 231 Å². The molecule has 2 unspecified atom stereocenters. The van der Waals surface area contributed by atoms with Crippen LogP contribution in [0.4, 0.5) is 0 Å². The van der Waals surface area contributed by atoms with Gasteiger partial charge in [0.05, 0.1) is 32.0 Å². The van der Waals surface area contributed by atoms with Gasteiger partial charge in [-0.3, -0.25) is 9.80 Å². The minimum Gasteiger partial charge on any atom is -0.357 e. The van der Waals surface area contributed by atoms with E-state index < -0.39 is 0 Å². The van der Waals surface area contributed by atoms with E-state index in [4.69, 9.17) is 9.47 Å². The third-order valence-corrected chi connectivity index (χ3v) is 9.70. The van der Waals surface area contributed by atoms with Crippen LogP contribution in [0.25, 0.3) is 0 Å². The molecule has 0 bridgehead atoms. The number of rotatable bonds is 6. The van der Waals surface area contributed by atoms with E-state index in [-0.39, 0.29) is 35.4 Å². The Bertz CT molecular complexity index is 1210. The molecular weight excluding hydrogens is 480 g/mol. The molecule has 0 aromatic heterocycles. The highest BCUT2D eigenvalue weighted by molar-refractivity contribution is 5.43. The lowest BCUT2D eigenvalue weighted by molar-refractivity contribution is -0.0616. The Kier molecular flexibility index (Phi) is 6.17. The molecule has 3 heterocycles. The molecule has 0 spiro atoms. The zero-order valence-corrected chi connectivity index (χ0v) is 22.7. The van der Waals surface area contributed by atoms with Gasteiger partial charge in [-0.05, 0) is 36.1 Å². The lowest BCUT2D eigenvalue weighted by atomic mass is 9.70. The molecule has 4 atom stereocenters. The van der Waals surface area contributed by atoms with Crippen LogP contribution in [-0.4, -0.2) is 54.2 Å². The Morgan fingerprint density at radius 3 is 1.05 bits per heavy atom. The summed E-state index contributed by atoms with van der Waals surface area (Å²) in [5, 5.41) is 0. The van der Waals surface area contributed by atoms with E-state index in [0.29, 0.717) is 13.2 Å². The third-order valence-electron chi connectivity index (χ3n) is 9.70. The summed E-state index contributed by atoms with van der Waals surface area (Å²) in [6, 6.07) is 44.1. The molecule has 4 nitrogen and oxygen atoms in total. The molecule has 0 N–H and O–H groups in total. The minimum atomic E-state index is -0.227. The van der Waals surface area contributed by atoms with Crippen LogP contribution >= 0.6 is 0 Å². The molecule has 3 aliphatic heterocycles. The molecule has 3 aliphatic rings. The summed E-state index contributed by atoms with van der Waals surface area (Å²) in [7, 11) is 0. The molecule has 39 heavy (non-hydrogen) atoms. The van der Waals surface area contributed by atoms with Crippen molar-refractivity contribution in [1.29, 1.82) is 0 Å². The van der Waals surface area contributed by atoms with E-state index in [2.05, 4.69) is 145 Å². The van der Waals surface area contributed by atoms with Crippen LogP contribution in [0.15, 0.2) is 121 Å². The topological polar surface area (TPSA) is 24.9 Å². The summed E-state index contributed by atoms with van der Waals surface area (Å²) in [5.74, 6) is 0. The van der Waals surface area contributed by atoms with Gasteiger partial charge in [0.15, 0.2) is 12.5 Å². The third kappa shape index (κ3) is 3.81. The van der Waals surface area contributed by atoms with Gasteiger partial charge in [-0.15, -0.1) is 0 Å². The number of hydrogen-bond acceptors (Lipinski definition) is 4. The average molecular weight is 517 g/mol. The van der Waals surface area contributed by atoms with Crippen molar-refractivity contribution < 1.29 is 9.47 Å². The van der Waals surface area contributed by atoms with Crippen LogP contribution in [0.3, 0.4) is 0 Å². The molecule has 3 saturated heterocycles. The molecule has 198 valence electrons. The normalized spacial score (nSPS) is 25.5. The number of nitrogens with zero attached hydrogens (tertiary/aromatic N) is 2. The second-order valence-corrected chi connectivity index (χ2v) is 11.5. The monoisotopic (exact) mass is 516 g/mol.